The Bertz CT molecular complexity index is 734. The van der Waals surface area contributed by atoms with Crippen LogP contribution in [0.1, 0.15) is 35.1 Å². The van der Waals surface area contributed by atoms with Crippen molar-refractivity contribution in [1.82, 2.24) is 4.90 Å². The normalized spacial score (nSPS) is 13.5. The Balaban J connectivity index is 2.46. The molecule has 0 aliphatic heterocycles. The van der Waals surface area contributed by atoms with E-state index in [-0.39, 0.29) is 5.82 Å². The van der Waals surface area contributed by atoms with Gasteiger partial charge in [-0.3, -0.25) is 0 Å². The Morgan fingerprint density at radius 3 is 2.38 bits per heavy atom. The largest absolute Gasteiger partial charge is 0.380 e. The predicted molar refractivity (Wildman–Crippen MR) is 93.1 cm³/mol. The zero-order chi connectivity index (χ0) is 17.7. The molecular formula is C20H23FN2O. The summed E-state index contributed by atoms with van der Waals surface area (Å²) in [6.07, 6.45) is 1.31. The summed E-state index contributed by atoms with van der Waals surface area (Å²) < 4.78 is 13.3. The van der Waals surface area contributed by atoms with Gasteiger partial charge in [-0.15, -0.1) is 0 Å². The highest BCUT2D eigenvalue weighted by molar-refractivity contribution is 5.45. The smallest absolute Gasteiger partial charge is 0.123 e. The van der Waals surface area contributed by atoms with Crippen LogP contribution in [-0.2, 0) is 5.60 Å². The van der Waals surface area contributed by atoms with Gasteiger partial charge >= 0.3 is 0 Å². The Labute approximate surface area is 143 Å². The summed E-state index contributed by atoms with van der Waals surface area (Å²) in [5.74, 6) is -0.328. The number of rotatable bonds is 6. The van der Waals surface area contributed by atoms with Gasteiger partial charge in [0.1, 0.15) is 11.4 Å². The monoisotopic (exact) mass is 326 g/mol. The Hall–Kier alpha value is -2.22. The number of aryl methyl sites for hydroxylation is 1. The fourth-order valence-electron chi connectivity index (χ4n) is 3.01. The predicted octanol–water partition coefficient (Wildman–Crippen LogP) is 3.58. The van der Waals surface area contributed by atoms with Crippen molar-refractivity contribution < 1.29 is 9.50 Å². The summed E-state index contributed by atoms with van der Waals surface area (Å²) in [5.41, 5.74) is 1.63. The molecule has 2 aromatic rings. The number of benzene rings is 2. The van der Waals surface area contributed by atoms with Crippen LogP contribution in [-0.4, -0.2) is 30.6 Å². The van der Waals surface area contributed by atoms with Crippen LogP contribution in [0.4, 0.5) is 4.39 Å². The van der Waals surface area contributed by atoms with E-state index in [9.17, 15) is 9.50 Å². The molecule has 0 saturated heterocycles. The summed E-state index contributed by atoms with van der Waals surface area (Å²) in [6, 6.07) is 13.4. The lowest BCUT2D eigenvalue weighted by molar-refractivity contribution is 0.0658. The van der Waals surface area contributed by atoms with Gasteiger partial charge in [0.05, 0.1) is 11.6 Å². The lowest BCUT2D eigenvalue weighted by Gasteiger charge is -2.31. The first-order chi connectivity index (χ1) is 11.4. The van der Waals surface area contributed by atoms with E-state index in [1.807, 2.05) is 21.0 Å². The van der Waals surface area contributed by atoms with Gasteiger partial charge in [-0.2, -0.15) is 5.26 Å². The topological polar surface area (TPSA) is 47.3 Å². The molecule has 126 valence electrons. The third-order valence-corrected chi connectivity index (χ3v) is 4.27. The molecule has 24 heavy (non-hydrogen) atoms. The van der Waals surface area contributed by atoms with E-state index in [0.29, 0.717) is 17.5 Å². The van der Waals surface area contributed by atoms with E-state index in [2.05, 4.69) is 11.0 Å². The van der Waals surface area contributed by atoms with Crippen LogP contribution in [0, 0.1) is 24.1 Å². The van der Waals surface area contributed by atoms with Crippen LogP contribution < -0.4 is 0 Å². The number of aliphatic hydroxyl groups is 1. The third-order valence-electron chi connectivity index (χ3n) is 4.27. The van der Waals surface area contributed by atoms with Crippen LogP contribution in [0.5, 0.6) is 0 Å². The van der Waals surface area contributed by atoms with Gasteiger partial charge in [-0.25, -0.2) is 4.39 Å². The number of hydrogen-bond acceptors (Lipinski definition) is 3. The second-order valence-corrected chi connectivity index (χ2v) is 6.42. The van der Waals surface area contributed by atoms with Crippen LogP contribution in [0.15, 0.2) is 42.5 Å². The molecule has 2 aromatic carbocycles. The minimum Gasteiger partial charge on any atom is -0.380 e. The van der Waals surface area contributed by atoms with Gasteiger partial charge in [-0.1, -0.05) is 18.2 Å². The first-order valence-corrected chi connectivity index (χ1v) is 8.01. The molecule has 0 spiro atoms. The van der Waals surface area contributed by atoms with Gasteiger partial charge in [0, 0.05) is 0 Å². The first kappa shape index (κ1) is 18.1. The molecule has 2 rings (SSSR count). The maximum Gasteiger partial charge on any atom is 0.123 e. The molecule has 0 amide bonds. The molecular weight excluding hydrogens is 303 g/mol. The van der Waals surface area contributed by atoms with Crippen LogP contribution in [0.2, 0.25) is 0 Å². The van der Waals surface area contributed by atoms with Crippen LogP contribution in [0.3, 0.4) is 0 Å². The molecule has 0 radical (unpaired) electrons. The van der Waals surface area contributed by atoms with Crippen molar-refractivity contribution in [2.24, 2.45) is 0 Å². The molecule has 3 nitrogen and oxygen atoms in total. The lowest BCUT2D eigenvalue weighted by Crippen LogP contribution is -2.30. The number of hydrogen-bond donors (Lipinski definition) is 1. The zero-order valence-corrected chi connectivity index (χ0v) is 14.4. The molecule has 1 N–H and O–H groups in total. The number of nitriles is 1. The van der Waals surface area contributed by atoms with Crippen molar-refractivity contribution in [1.29, 1.82) is 5.26 Å². The summed E-state index contributed by atoms with van der Waals surface area (Å²) in [7, 11) is 3.98. The Morgan fingerprint density at radius 1 is 1.17 bits per heavy atom. The molecule has 4 heteroatoms. The molecule has 0 aliphatic carbocycles. The number of nitrogens with zero attached hydrogens (tertiary/aromatic N) is 2. The number of halogens is 1. The molecule has 0 bridgehead atoms. The van der Waals surface area contributed by atoms with Gasteiger partial charge in [0.15, 0.2) is 0 Å². The van der Waals surface area contributed by atoms with E-state index in [1.54, 1.807) is 30.3 Å². The second kappa shape index (κ2) is 7.57. The van der Waals surface area contributed by atoms with Crippen molar-refractivity contribution >= 4 is 0 Å². The molecule has 0 saturated carbocycles. The van der Waals surface area contributed by atoms with Gasteiger partial charge in [0.2, 0.25) is 0 Å². The standard InChI is InChI=1S/C20H23FN2O/c1-15-13-16(14-22)5-10-19(15)20(24,11-4-12-23(2)3)17-6-8-18(21)9-7-17/h5-10,13,24H,4,11-12H2,1-3H3. The van der Waals surface area contributed by atoms with E-state index in [4.69, 9.17) is 5.26 Å². The quantitative estimate of drug-likeness (QED) is 0.882. The fraction of sp³-hybridized carbons (Fsp3) is 0.350. The molecule has 1 unspecified atom stereocenters. The van der Waals surface area contributed by atoms with E-state index < -0.39 is 5.60 Å². The third kappa shape index (κ3) is 4.00. The minimum atomic E-state index is -1.21. The lowest BCUT2D eigenvalue weighted by atomic mass is 9.80. The minimum absolute atomic E-state index is 0.328. The van der Waals surface area contributed by atoms with Crippen LogP contribution >= 0.6 is 0 Å². The van der Waals surface area contributed by atoms with Crippen LogP contribution in [0.25, 0.3) is 0 Å². The highest BCUT2D eigenvalue weighted by Crippen LogP contribution is 2.36. The highest BCUT2D eigenvalue weighted by Gasteiger charge is 2.32. The maximum absolute atomic E-state index is 13.3. The summed E-state index contributed by atoms with van der Waals surface area (Å²) >= 11 is 0. The van der Waals surface area contributed by atoms with Crippen molar-refractivity contribution in [3.63, 3.8) is 0 Å². The molecule has 0 aromatic heterocycles. The van der Waals surface area contributed by atoms with Crippen molar-refractivity contribution in [2.45, 2.75) is 25.4 Å². The van der Waals surface area contributed by atoms with E-state index >= 15 is 0 Å². The van der Waals surface area contributed by atoms with Gasteiger partial charge in [-0.05, 0) is 81.4 Å². The van der Waals surface area contributed by atoms with E-state index in [1.165, 1.54) is 12.1 Å². The van der Waals surface area contributed by atoms with Crippen molar-refractivity contribution in [2.75, 3.05) is 20.6 Å². The molecule has 0 heterocycles. The van der Waals surface area contributed by atoms with E-state index in [0.717, 1.165) is 24.1 Å². The zero-order valence-electron chi connectivity index (χ0n) is 14.4. The van der Waals surface area contributed by atoms with Gasteiger partial charge < -0.3 is 10.0 Å². The Morgan fingerprint density at radius 2 is 1.83 bits per heavy atom. The maximum atomic E-state index is 13.3. The summed E-state index contributed by atoms with van der Waals surface area (Å²) in [4.78, 5) is 2.07. The second-order valence-electron chi connectivity index (χ2n) is 6.42. The SMILES string of the molecule is Cc1cc(C#N)ccc1C(O)(CCCN(C)C)c1ccc(F)cc1. The van der Waals surface area contributed by atoms with Crippen molar-refractivity contribution in [3.05, 3.63) is 70.5 Å². The Kier molecular flexibility index (Phi) is 5.71. The average molecular weight is 326 g/mol. The van der Waals surface area contributed by atoms with Crippen molar-refractivity contribution in [3.8, 4) is 6.07 Å². The first-order valence-electron chi connectivity index (χ1n) is 8.01. The summed E-state index contributed by atoms with van der Waals surface area (Å²) in [5, 5.41) is 20.5. The summed E-state index contributed by atoms with van der Waals surface area (Å²) in [6.45, 7) is 2.73. The fourth-order valence-corrected chi connectivity index (χ4v) is 3.01. The molecule has 1 atom stereocenters. The van der Waals surface area contributed by atoms with Gasteiger partial charge in [0.25, 0.3) is 0 Å². The molecule has 0 aliphatic rings. The highest BCUT2D eigenvalue weighted by atomic mass is 19.1. The molecule has 0 fully saturated rings. The average Bonchev–Trinajstić information content (AvgIpc) is 2.54.